The van der Waals surface area contributed by atoms with E-state index in [4.69, 9.17) is 0 Å². The number of halogens is 1. The molecule has 12 heavy (non-hydrogen) atoms. The van der Waals surface area contributed by atoms with Crippen molar-refractivity contribution in [3.63, 3.8) is 0 Å². The van der Waals surface area contributed by atoms with Crippen molar-refractivity contribution in [1.82, 2.24) is 0 Å². The number of allylic oxidation sites excluding steroid dienone is 2. The zero-order chi connectivity index (χ0) is 9.23. The van der Waals surface area contributed by atoms with Crippen molar-refractivity contribution >= 4 is 22.6 Å². The van der Waals surface area contributed by atoms with Crippen molar-refractivity contribution in [2.45, 2.75) is 32.1 Å². The molecule has 0 aromatic heterocycles. The molecule has 0 atom stereocenters. The Morgan fingerprint density at radius 2 is 1.67 bits per heavy atom. The van der Waals surface area contributed by atoms with Crippen LogP contribution in [0.2, 0.25) is 0 Å². The van der Waals surface area contributed by atoms with Crippen LogP contribution in [-0.4, -0.2) is 4.43 Å². The van der Waals surface area contributed by atoms with E-state index in [1.54, 1.807) is 0 Å². The molecule has 0 N–H and O–H groups in total. The van der Waals surface area contributed by atoms with E-state index in [0.29, 0.717) is 0 Å². The van der Waals surface area contributed by atoms with Gasteiger partial charge in [-0.2, -0.15) is 0 Å². The Morgan fingerprint density at radius 1 is 1.08 bits per heavy atom. The average molecular weight is 278 g/mol. The fourth-order valence-corrected chi connectivity index (χ4v) is 1.87. The fourth-order valence-electron chi connectivity index (χ4n) is 1.33. The second kappa shape index (κ2) is 9.30. The summed E-state index contributed by atoms with van der Waals surface area (Å²) in [5, 5.41) is 0. The van der Waals surface area contributed by atoms with E-state index < -0.39 is 0 Å². The maximum Gasteiger partial charge on any atom is -0.000473 e. The van der Waals surface area contributed by atoms with Gasteiger partial charge in [0.2, 0.25) is 0 Å². The van der Waals surface area contributed by atoms with Crippen LogP contribution in [0.3, 0.4) is 0 Å². The van der Waals surface area contributed by atoms with Gasteiger partial charge < -0.3 is 0 Å². The molecule has 0 saturated carbocycles. The SMILES string of the molecule is C=CCC(CC=C)CCCCI. The highest BCUT2D eigenvalue weighted by atomic mass is 127. The maximum atomic E-state index is 3.78. The molecule has 0 radical (unpaired) electrons. The van der Waals surface area contributed by atoms with Gasteiger partial charge in [-0.25, -0.2) is 0 Å². The average Bonchev–Trinajstić information content (AvgIpc) is 2.06. The summed E-state index contributed by atoms with van der Waals surface area (Å²) in [4.78, 5) is 0. The van der Waals surface area contributed by atoms with Crippen LogP contribution < -0.4 is 0 Å². The first-order valence-electron chi connectivity index (χ1n) is 4.62. The molecule has 0 rings (SSSR count). The molecule has 0 fully saturated rings. The van der Waals surface area contributed by atoms with Crippen LogP contribution in [0.25, 0.3) is 0 Å². The number of alkyl halides is 1. The van der Waals surface area contributed by atoms with E-state index in [9.17, 15) is 0 Å². The molecule has 0 spiro atoms. The van der Waals surface area contributed by atoms with Crippen molar-refractivity contribution in [2.75, 3.05) is 4.43 Å². The second-order valence-corrected chi connectivity index (χ2v) is 4.18. The quantitative estimate of drug-likeness (QED) is 0.268. The summed E-state index contributed by atoms with van der Waals surface area (Å²) in [6.07, 6.45) is 10.4. The van der Waals surface area contributed by atoms with Crippen molar-refractivity contribution in [3.05, 3.63) is 25.3 Å². The van der Waals surface area contributed by atoms with Crippen LogP contribution in [0.4, 0.5) is 0 Å². The first kappa shape index (κ1) is 12.2. The maximum absolute atomic E-state index is 3.78. The largest absolute Gasteiger partial charge is 0.103 e. The Bertz CT molecular complexity index is 108. The molecule has 0 aliphatic carbocycles. The van der Waals surface area contributed by atoms with E-state index in [1.807, 2.05) is 12.2 Å². The van der Waals surface area contributed by atoms with Gasteiger partial charge in [0.25, 0.3) is 0 Å². The summed E-state index contributed by atoms with van der Waals surface area (Å²) in [7, 11) is 0. The van der Waals surface area contributed by atoms with Crippen LogP contribution in [-0.2, 0) is 0 Å². The Labute approximate surface area is 90.3 Å². The Morgan fingerprint density at radius 3 is 2.08 bits per heavy atom. The van der Waals surface area contributed by atoms with Gasteiger partial charge in [0, 0.05) is 0 Å². The molecular weight excluding hydrogens is 259 g/mol. The van der Waals surface area contributed by atoms with Crippen LogP contribution in [0, 0.1) is 5.92 Å². The van der Waals surface area contributed by atoms with Gasteiger partial charge in [-0.3, -0.25) is 0 Å². The van der Waals surface area contributed by atoms with Gasteiger partial charge in [-0.15, -0.1) is 13.2 Å². The second-order valence-electron chi connectivity index (χ2n) is 3.10. The first-order valence-corrected chi connectivity index (χ1v) is 6.15. The molecule has 0 aromatic carbocycles. The van der Waals surface area contributed by atoms with E-state index in [0.717, 1.165) is 18.8 Å². The summed E-state index contributed by atoms with van der Waals surface area (Å²) < 4.78 is 1.28. The lowest BCUT2D eigenvalue weighted by Gasteiger charge is -2.11. The zero-order valence-corrected chi connectivity index (χ0v) is 9.92. The monoisotopic (exact) mass is 278 g/mol. The Balaban J connectivity index is 3.47. The summed E-state index contributed by atoms with van der Waals surface area (Å²) in [6.45, 7) is 7.55. The van der Waals surface area contributed by atoms with E-state index in [-0.39, 0.29) is 0 Å². The highest BCUT2D eigenvalue weighted by Crippen LogP contribution is 2.17. The van der Waals surface area contributed by atoms with Crippen molar-refractivity contribution in [1.29, 1.82) is 0 Å². The molecule has 0 unspecified atom stereocenters. The van der Waals surface area contributed by atoms with Crippen LogP contribution >= 0.6 is 22.6 Å². The third-order valence-corrected chi connectivity index (χ3v) is 2.76. The lowest BCUT2D eigenvalue weighted by Crippen LogP contribution is -1.97. The third kappa shape index (κ3) is 6.89. The number of rotatable bonds is 8. The highest BCUT2D eigenvalue weighted by Gasteiger charge is 2.03. The minimum Gasteiger partial charge on any atom is -0.103 e. The van der Waals surface area contributed by atoms with Crippen molar-refractivity contribution < 1.29 is 0 Å². The van der Waals surface area contributed by atoms with Crippen LogP contribution in [0.1, 0.15) is 32.1 Å². The minimum absolute atomic E-state index is 0.794. The molecule has 70 valence electrons. The molecule has 1 heteroatoms. The topological polar surface area (TPSA) is 0 Å². The van der Waals surface area contributed by atoms with E-state index in [2.05, 4.69) is 35.7 Å². The molecule has 0 aliphatic rings. The predicted octanol–water partition coefficient (Wildman–Crippen LogP) is 4.36. The van der Waals surface area contributed by atoms with Crippen molar-refractivity contribution in [3.8, 4) is 0 Å². The zero-order valence-electron chi connectivity index (χ0n) is 7.77. The van der Waals surface area contributed by atoms with E-state index in [1.165, 1.54) is 23.7 Å². The lowest BCUT2D eigenvalue weighted by molar-refractivity contribution is 0.478. The Kier molecular flexibility index (Phi) is 9.46. The number of unbranched alkanes of at least 4 members (excludes halogenated alkanes) is 1. The predicted molar refractivity (Wildman–Crippen MR) is 65.9 cm³/mol. The molecule has 0 nitrogen and oxygen atoms in total. The summed E-state index contributed by atoms with van der Waals surface area (Å²) in [6, 6.07) is 0. The van der Waals surface area contributed by atoms with Gasteiger partial charge in [0.15, 0.2) is 0 Å². The van der Waals surface area contributed by atoms with Crippen LogP contribution in [0.15, 0.2) is 25.3 Å². The first-order chi connectivity index (χ1) is 5.85. The van der Waals surface area contributed by atoms with Crippen molar-refractivity contribution in [2.24, 2.45) is 5.92 Å². The van der Waals surface area contributed by atoms with Gasteiger partial charge in [-0.1, -0.05) is 41.2 Å². The van der Waals surface area contributed by atoms with E-state index >= 15 is 0 Å². The molecule has 0 aromatic rings. The summed E-state index contributed by atoms with van der Waals surface area (Å²) in [5.74, 6) is 0.794. The molecule has 0 aliphatic heterocycles. The third-order valence-electron chi connectivity index (χ3n) is 2.00. The standard InChI is InChI=1S/C11H19I/c1-3-7-11(8-4-2)9-5-6-10-12/h3-4,11H,1-2,5-10H2. The smallest absolute Gasteiger partial charge is 0.000473 e. The summed E-state index contributed by atoms with van der Waals surface area (Å²) >= 11 is 2.44. The highest BCUT2D eigenvalue weighted by molar-refractivity contribution is 14.1. The van der Waals surface area contributed by atoms with Gasteiger partial charge in [0.05, 0.1) is 0 Å². The summed E-state index contributed by atoms with van der Waals surface area (Å²) in [5.41, 5.74) is 0. The normalized spacial score (nSPS) is 10.2. The van der Waals surface area contributed by atoms with Gasteiger partial charge in [-0.05, 0) is 36.0 Å². The lowest BCUT2D eigenvalue weighted by atomic mass is 9.95. The molecule has 0 amide bonds. The molecule has 0 saturated heterocycles. The van der Waals surface area contributed by atoms with Gasteiger partial charge in [0.1, 0.15) is 0 Å². The molecule has 0 heterocycles. The van der Waals surface area contributed by atoms with Gasteiger partial charge >= 0.3 is 0 Å². The minimum atomic E-state index is 0.794. The fraction of sp³-hybridized carbons (Fsp3) is 0.636. The number of hydrogen-bond acceptors (Lipinski definition) is 0. The number of hydrogen-bond donors (Lipinski definition) is 0. The molecule has 0 bridgehead atoms. The Hall–Kier alpha value is 0.210. The van der Waals surface area contributed by atoms with Crippen LogP contribution in [0.5, 0.6) is 0 Å². The molecular formula is C11H19I.